The van der Waals surface area contributed by atoms with E-state index >= 15 is 0 Å². The van der Waals surface area contributed by atoms with E-state index in [1.165, 1.54) is 18.2 Å². The first-order valence-corrected chi connectivity index (χ1v) is 11.1. The lowest BCUT2D eigenvalue weighted by Crippen LogP contribution is -2.34. The van der Waals surface area contributed by atoms with E-state index in [0.29, 0.717) is 27.7 Å². The largest absolute Gasteiger partial charge is 0.436 e. The van der Waals surface area contributed by atoms with E-state index in [1.54, 1.807) is 24.3 Å². The van der Waals surface area contributed by atoms with Gasteiger partial charge in [0.05, 0.1) is 4.92 Å². The Bertz CT molecular complexity index is 1650. The summed E-state index contributed by atoms with van der Waals surface area (Å²) in [7, 11) is 0. The maximum Gasteiger partial charge on any atom is 0.282 e. The molecule has 4 aromatic carbocycles. The zero-order chi connectivity index (χ0) is 24.5. The Morgan fingerprint density at radius 3 is 2.60 bits per heavy atom. The molecule has 10 heteroatoms. The molecule has 1 amide bonds. The summed E-state index contributed by atoms with van der Waals surface area (Å²) in [6, 6.07) is 22.2. The number of amides is 1. The number of aromatic nitrogens is 1. The number of oxazole rings is 1. The number of halogens is 1. The van der Waals surface area contributed by atoms with Crippen molar-refractivity contribution < 1.29 is 14.1 Å². The molecule has 0 fully saturated rings. The van der Waals surface area contributed by atoms with Gasteiger partial charge in [0, 0.05) is 27.7 Å². The van der Waals surface area contributed by atoms with Crippen LogP contribution in [0.1, 0.15) is 10.4 Å². The number of para-hydroxylation sites is 1. The van der Waals surface area contributed by atoms with Gasteiger partial charge in [-0.05, 0) is 54.0 Å². The number of carbonyl (C=O) groups excluding carboxylic acids is 1. The summed E-state index contributed by atoms with van der Waals surface area (Å²) in [4.78, 5) is 27.7. The van der Waals surface area contributed by atoms with Crippen LogP contribution in [0.4, 0.5) is 11.4 Å². The highest BCUT2D eigenvalue weighted by Crippen LogP contribution is 2.34. The number of carbonyl (C=O) groups is 1. The fourth-order valence-electron chi connectivity index (χ4n) is 3.74. The third-order valence-corrected chi connectivity index (χ3v) is 5.85. The number of anilines is 1. The molecule has 2 N–H and O–H groups in total. The van der Waals surface area contributed by atoms with E-state index in [4.69, 9.17) is 28.2 Å². The van der Waals surface area contributed by atoms with E-state index in [1.807, 2.05) is 36.4 Å². The molecule has 0 unspecified atom stereocenters. The van der Waals surface area contributed by atoms with Gasteiger partial charge in [0.25, 0.3) is 11.6 Å². The van der Waals surface area contributed by atoms with Crippen molar-refractivity contribution in [3.05, 3.63) is 99.6 Å². The topological polar surface area (TPSA) is 110 Å². The molecule has 0 radical (unpaired) electrons. The minimum atomic E-state index is -0.686. The zero-order valence-corrected chi connectivity index (χ0v) is 19.4. The first-order valence-electron chi connectivity index (χ1n) is 10.3. The first-order chi connectivity index (χ1) is 16.9. The van der Waals surface area contributed by atoms with Crippen molar-refractivity contribution in [1.82, 2.24) is 10.3 Å². The molecule has 8 nitrogen and oxygen atoms in total. The number of nitrogens with one attached hydrogen (secondary N) is 2. The molecule has 0 aliphatic carbocycles. The van der Waals surface area contributed by atoms with Crippen LogP contribution in [0.2, 0.25) is 5.02 Å². The normalized spacial score (nSPS) is 10.9. The summed E-state index contributed by atoms with van der Waals surface area (Å²) in [6.07, 6.45) is 0. The summed E-state index contributed by atoms with van der Waals surface area (Å²) in [5, 5.41) is 19.0. The molecule has 5 rings (SSSR count). The number of hydrogen-bond donors (Lipinski definition) is 2. The van der Waals surface area contributed by atoms with Gasteiger partial charge in [0.1, 0.15) is 11.1 Å². The van der Waals surface area contributed by atoms with Gasteiger partial charge in [-0.2, -0.15) is 0 Å². The van der Waals surface area contributed by atoms with Crippen molar-refractivity contribution in [3.8, 4) is 11.5 Å². The highest BCUT2D eigenvalue weighted by atomic mass is 35.5. The quantitative estimate of drug-likeness (QED) is 0.168. The van der Waals surface area contributed by atoms with Gasteiger partial charge in [0.15, 0.2) is 10.7 Å². The molecule has 1 heterocycles. The van der Waals surface area contributed by atoms with Crippen molar-refractivity contribution in [3.63, 3.8) is 0 Å². The summed E-state index contributed by atoms with van der Waals surface area (Å²) in [5.74, 6) is -0.244. The molecule has 0 aliphatic rings. The lowest BCUT2D eigenvalue weighted by atomic mass is 10.0. The number of thiocarbonyl (C=S) groups is 1. The van der Waals surface area contributed by atoms with Crippen molar-refractivity contribution in [2.24, 2.45) is 0 Å². The number of nitro benzene ring substituents is 1. The number of nitro groups is 1. The van der Waals surface area contributed by atoms with Crippen LogP contribution in [0.5, 0.6) is 0 Å². The Hall–Kier alpha value is -4.34. The minimum Gasteiger partial charge on any atom is -0.436 e. The van der Waals surface area contributed by atoms with Crippen LogP contribution in [0, 0.1) is 10.1 Å². The molecule has 35 heavy (non-hydrogen) atoms. The molecular weight excluding hydrogens is 488 g/mol. The van der Waals surface area contributed by atoms with Gasteiger partial charge < -0.3 is 9.73 Å². The van der Waals surface area contributed by atoms with Gasteiger partial charge in [-0.25, -0.2) is 4.98 Å². The van der Waals surface area contributed by atoms with Crippen LogP contribution in [0.25, 0.3) is 33.3 Å². The first kappa shape index (κ1) is 22.5. The predicted octanol–water partition coefficient (Wildman–Crippen LogP) is 6.34. The minimum absolute atomic E-state index is 0.0140. The number of hydrogen-bond acceptors (Lipinski definition) is 6. The number of benzene rings is 4. The highest BCUT2D eigenvalue weighted by Gasteiger charge is 2.20. The molecule has 172 valence electrons. The van der Waals surface area contributed by atoms with Crippen molar-refractivity contribution in [1.29, 1.82) is 0 Å². The van der Waals surface area contributed by atoms with Crippen molar-refractivity contribution in [2.45, 2.75) is 0 Å². The Kier molecular flexibility index (Phi) is 5.86. The van der Waals surface area contributed by atoms with Crippen LogP contribution in [0.3, 0.4) is 0 Å². The lowest BCUT2D eigenvalue weighted by molar-refractivity contribution is -0.385. The molecule has 0 atom stereocenters. The Labute approximate surface area is 208 Å². The van der Waals surface area contributed by atoms with Crippen LogP contribution in [-0.2, 0) is 0 Å². The molecule has 0 saturated heterocycles. The molecule has 0 spiro atoms. The average Bonchev–Trinajstić information content (AvgIpc) is 3.27. The second kappa shape index (κ2) is 9.13. The highest BCUT2D eigenvalue weighted by molar-refractivity contribution is 7.80. The average molecular weight is 503 g/mol. The van der Waals surface area contributed by atoms with Crippen LogP contribution >= 0.6 is 23.8 Å². The monoisotopic (exact) mass is 502 g/mol. The van der Waals surface area contributed by atoms with Gasteiger partial charge in [-0.15, -0.1) is 0 Å². The molecular formula is C25H15ClN4O4S. The molecule has 1 aromatic heterocycles. The van der Waals surface area contributed by atoms with Crippen molar-refractivity contribution >= 4 is 68.1 Å². The predicted molar refractivity (Wildman–Crippen MR) is 139 cm³/mol. The number of nitrogens with zero attached hydrogens (tertiary/aromatic N) is 2. The van der Waals surface area contributed by atoms with E-state index in [-0.39, 0.29) is 16.4 Å². The Morgan fingerprint density at radius 2 is 1.77 bits per heavy atom. The maximum absolute atomic E-state index is 12.5. The SMILES string of the molecule is O=C(NC(=S)Nc1ccc2oc(-c3cccc4c(Cl)cccc34)nc2c1)c1ccccc1[N+](=O)[O-]. The van der Waals surface area contributed by atoms with Gasteiger partial charge >= 0.3 is 0 Å². The standard InChI is InChI=1S/C25H15ClN4O4S/c26-19-9-4-6-15-16(19)7-3-8-17(15)24-28-20-13-14(11-12-22(20)34-24)27-25(35)29-23(31)18-5-1-2-10-21(18)30(32)33/h1-13H,(H2,27,29,31,35). The summed E-state index contributed by atoms with van der Waals surface area (Å²) >= 11 is 11.6. The van der Waals surface area contributed by atoms with Crippen LogP contribution in [0.15, 0.2) is 83.3 Å². The third kappa shape index (κ3) is 4.42. The van der Waals surface area contributed by atoms with Crippen molar-refractivity contribution in [2.75, 3.05) is 5.32 Å². The fourth-order valence-corrected chi connectivity index (χ4v) is 4.18. The number of rotatable bonds is 4. The Balaban J connectivity index is 1.38. The molecule has 5 aromatic rings. The second-order valence-electron chi connectivity index (χ2n) is 7.52. The summed E-state index contributed by atoms with van der Waals surface area (Å²) < 4.78 is 5.97. The number of fused-ring (bicyclic) bond motifs is 2. The summed E-state index contributed by atoms with van der Waals surface area (Å²) in [5.41, 5.74) is 2.12. The van der Waals surface area contributed by atoms with E-state index in [9.17, 15) is 14.9 Å². The van der Waals surface area contributed by atoms with Gasteiger partial charge in [-0.1, -0.05) is 48.0 Å². The zero-order valence-electron chi connectivity index (χ0n) is 17.8. The van der Waals surface area contributed by atoms with E-state index < -0.39 is 10.8 Å². The summed E-state index contributed by atoms with van der Waals surface area (Å²) in [6.45, 7) is 0. The van der Waals surface area contributed by atoms with Gasteiger partial charge in [-0.3, -0.25) is 20.2 Å². The lowest BCUT2D eigenvalue weighted by Gasteiger charge is -2.09. The van der Waals surface area contributed by atoms with Crippen LogP contribution < -0.4 is 10.6 Å². The van der Waals surface area contributed by atoms with E-state index in [0.717, 1.165) is 16.3 Å². The smallest absolute Gasteiger partial charge is 0.282 e. The molecule has 0 bridgehead atoms. The molecule has 0 aliphatic heterocycles. The van der Waals surface area contributed by atoms with Crippen LogP contribution in [-0.4, -0.2) is 20.9 Å². The van der Waals surface area contributed by atoms with Gasteiger partial charge in [0.2, 0.25) is 5.89 Å². The van der Waals surface area contributed by atoms with E-state index in [2.05, 4.69) is 15.6 Å². The maximum atomic E-state index is 12.5. The second-order valence-corrected chi connectivity index (χ2v) is 8.34. The Morgan fingerprint density at radius 1 is 1.00 bits per heavy atom. The third-order valence-electron chi connectivity index (χ3n) is 5.32. The molecule has 0 saturated carbocycles. The fraction of sp³-hybridized carbons (Fsp3) is 0.